The Kier molecular flexibility index (Phi) is 5.24. The second-order valence-corrected chi connectivity index (χ2v) is 4.16. The van der Waals surface area contributed by atoms with Crippen LogP contribution in [0.15, 0.2) is 0 Å². The van der Waals surface area contributed by atoms with Gasteiger partial charge < -0.3 is 15.2 Å². The van der Waals surface area contributed by atoms with Crippen LogP contribution in [0.2, 0.25) is 0 Å². The van der Waals surface area contributed by atoms with E-state index in [1.165, 1.54) is 7.11 Å². The molecule has 82 valence electrons. The Morgan fingerprint density at radius 1 is 1.86 bits per heavy atom. The second kappa shape index (κ2) is 6.23. The molecule has 0 radical (unpaired) electrons. The highest BCUT2D eigenvalue weighted by molar-refractivity contribution is 7.99. The summed E-state index contributed by atoms with van der Waals surface area (Å²) >= 11 is 1.70. The number of aliphatic hydroxyl groups excluding tert-OH is 1. The molecule has 0 aliphatic carbocycles. The SMILES string of the molecule is COCC(O)CNC(=O)C1CSCN1. The van der Waals surface area contributed by atoms with Crippen molar-refractivity contribution in [1.82, 2.24) is 10.6 Å². The molecule has 0 aromatic rings. The lowest BCUT2D eigenvalue weighted by molar-refractivity contribution is -0.123. The Morgan fingerprint density at radius 3 is 3.21 bits per heavy atom. The van der Waals surface area contributed by atoms with E-state index in [1.807, 2.05) is 0 Å². The van der Waals surface area contributed by atoms with Gasteiger partial charge in [-0.1, -0.05) is 0 Å². The maximum atomic E-state index is 11.4. The largest absolute Gasteiger partial charge is 0.389 e. The van der Waals surface area contributed by atoms with Crippen molar-refractivity contribution >= 4 is 17.7 Å². The molecule has 1 rings (SSSR count). The molecule has 0 spiro atoms. The molecule has 0 bridgehead atoms. The molecule has 5 nitrogen and oxygen atoms in total. The fourth-order valence-electron chi connectivity index (χ4n) is 1.16. The van der Waals surface area contributed by atoms with Gasteiger partial charge >= 0.3 is 0 Å². The molecular weight excluding hydrogens is 204 g/mol. The van der Waals surface area contributed by atoms with E-state index in [4.69, 9.17) is 4.74 Å². The maximum Gasteiger partial charge on any atom is 0.238 e. The summed E-state index contributed by atoms with van der Waals surface area (Å²) in [7, 11) is 1.51. The average Bonchev–Trinajstić information content (AvgIpc) is 2.67. The summed E-state index contributed by atoms with van der Waals surface area (Å²) in [6.07, 6.45) is -0.627. The van der Waals surface area contributed by atoms with Crippen molar-refractivity contribution in [2.24, 2.45) is 0 Å². The molecule has 1 fully saturated rings. The van der Waals surface area contributed by atoms with Crippen LogP contribution in [-0.4, -0.2) is 55.1 Å². The quantitative estimate of drug-likeness (QED) is 0.541. The van der Waals surface area contributed by atoms with E-state index in [-0.39, 0.29) is 25.1 Å². The summed E-state index contributed by atoms with van der Waals surface area (Å²) in [5, 5.41) is 15.0. The van der Waals surface area contributed by atoms with Crippen LogP contribution in [0.25, 0.3) is 0 Å². The van der Waals surface area contributed by atoms with Gasteiger partial charge in [0.05, 0.1) is 18.8 Å². The molecule has 2 unspecified atom stereocenters. The van der Waals surface area contributed by atoms with Crippen molar-refractivity contribution in [3.63, 3.8) is 0 Å². The highest BCUT2D eigenvalue weighted by Gasteiger charge is 2.22. The minimum Gasteiger partial charge on any atom is -0.389 e. The van der Waals surface area contributed by atoms with Crippen molar-refractivity contribution in [3.8, 4) is 0 Å². The lowest BCUT2D eigenvalue weighted by Gasteiger charge is -2.13. The van der Waals surface area contributed by atoms with Crippen molar-refractivity contribution in [2.75, 3.05) is 31.9 Å². The first-order chi connectivity index (χ1) is 6.74. The van der Waals surface area contributed by atoms with Crippen LogP contribution in [0.5, 0.6) is 0 Å². The van der Waals surface area contributed by atoms with Crippen LogP contribution in [0, 0.1) is 0 Å². The van der Waals surface area contributed by atoms with Crippen LogP contribution in [0.1, 0.15) is 0 Å². The number of methoxy groups -OCH3 is 1. The number of thioether (sulfide) groups is 1. The standard InChI is InChI=1S/C8H16N2O3S/c1-13-3-6(11)2-9-8(12)7-4-14-5-10-7/h6-7,10-11H,2-5H2,1H3,(H,9,12). The molecule has 1 aliphatic heterocycles. The normalized spacial score (nSPS) is 23.4. The van der Waals surface area contributed by atoms with Crippen molar-refractivity contribution < 1.29 is 14.6 Å². The topological polar surface area (TPSA) is 70.6 Å². The lowest BCUT2D eigenvalue weighted by atomic mass is 10.3. The van der Waals surface area contributed by atoms with E-state index in [9.17, 15) is 9.90 Å². The van der Waals surface area contributed by atoms with Crippen molar-refractivity contribution in [1.29, 1.82) is 0 Å². The van der Waals surface area contributed by atoms with Crippen LogP contribution < -0.4 is 10.6 Å². The fraction of sp³-hybridized carbons (Fsp3) is 0.875. The molecule has 1 amide bonds. The van der Waals surface area contributed by atoms with Crippen molar-refractivity contribution in [2.45, 2.75) is 12.1 Å². The Morgan fingerprint density at radius 2 is 2.64 bits per heavy atom. The molecule has 1 aliphatic rings. The van der Waals surface area contributed by atoms with E-state index in [1.54, 1.807) is 11.8 Å². The molecule has 3 N–H and O–H groups in total. The zero-order valence-corrected chi connectivity index (χ0v) is 8.97. The summed E-state index contributed by atoms with van der Waals surface area (Å²) < 4.78 is 4.74. The molecule has 2 atom stereocenters. The first-order valence-electron chi connectivity index (χ1n) is 4.50. The molecule has 6 heteroatoms. The van der Waals surface area contributed by atoms with E-state index >= 15 is 0 Å². The Balaban J connectivity index is 2.13. The predicted molar refractivity (Wildman–Crippen MR) is 55.1 cm³/mol. The minimum atomic E-state index is -0.627. The molecule has 0 aromatic carbocycles. The lowest BCUT2D eigenvalue weighted by Crippen LogP contribution is -2.45. The van der Waals surface area contributed by atoms with Gasteiger partial charge in [-0.25, -0.2) is 0 Å². The van der Waals surface area contributed by atoms with E-state index in [0.717, 1.165) is 11.6 Å². The Labute approximate surface area is 87.6 Å². The van der Waals surface area contributed by atoms with Crippen molar-refractivity contribution in [3.05, 3.63) is 0 Å². The third kappa shape index (κ3) is 3.83. The molecule has 14 heavy (non-hydrogen) atoms. The molecule has 0 saturated carbocycles. The van der Waals surface area contributed by atoms with Gasteiger partial charge in [0.15, 0.2) is 0 Å². The summed E-state index contributed by atoms with van der Waals surface area (Å²) in [5.74, 6) is 1.57. The number of rotatable bonds is 5. The van der Waals surface area contributed by atoms with Gasteiger partial charge in [-0.15, -0.1) is 11.8 Å². The fourth-order valence-corrected chi connectivity index (χ4v) is 2.10. The molecular formula is C8H16N2O3S. The van der Waals surface area contributed by atoms with E-state index in [0.29, 0.717) is 0 Å². The molecule has 0 aromatic heterocycles. The van der Waals surface area contributed by atoms with Crippen LogP contribution in [0.4, 0.5) is 0 Å². The van der Waals surface area contributed by atoms with Gasteiger partial charge in [0.1, 0.15) is 0 Å². The van der Waals surface area contributed by atoms with Gasteiger partial charge in [-0.05, 0) is 0 Å². The highest BCUT2D eigenvalue weighted by Crippen LogP contribution is 2.08. The van der Waals surface area contributed by atoms with Crippen LogP contribution in [0.3, 0.4) is 0 Å². The Hall–Kier alpha value is -0.300. The third-order valence-corrected chi connectivity index (χ3v) is 2.84. The van der Waals surface area contributed by atoms with Gasteiger partial charge in [0.2, 0.25) is 5.91 Å². The first-order valence-corrected chi connectivity index (χ1v) is 5.65. The van der Waals surface area contributed by atoms with Gasteiger partial charge in [-0.2, -0.15) is 0 Å². The number of hydrogen-bond acceptors (Lipinski definition) is 5. The minimum absolute atomic E-state index is 0.0508. The smallest absolute Gasteiger partial charge is 0.238 e. The summed E-state index contributed by atoms with van der Waals surface area (Å²) in [4.78, 5) is 11.4. The summed E-state index contributed by atoms with van der Waals surface area (Å²) in [6.45, 7) is 0.489. The molecule has 1 heterocycles. The maximum absolute atomic E-state index is 11.4. The zero-order chi connectivity index (χ0) is 10.4. The first kappa shape index (κ1) is 11.8. The number of aliphatic hydroxyl groups is 1. The van der Waals surface area contributed by atoms with Gasteiger partial charge in [0.25, 0.3) is 0 Å². The number of amides is 1. The van der Waals surface area contributed by atoms with Gasteiger partial charge in [0, 0.05) is 25.3 Å². The number of hydrogen-bond donors (Lipinski definition) is 3. The van der Waals surface area contributed by atoms with Crippen LogP contribution >= 0.6 is 11.8 Å². The van der Waals surface area contributed by atoms with E-state index in [2.05, 4.69) is 10.6 Å². The summed E-state index contributed by atoms with van der Waals surface area (Å²) in [6, 6.07) is -0.116. The highest BCUT2D eigenvalue weighted by atomic mass is 32.2. The monoisotopic (exact) mass is 220 g/mol. The predicted octanol–water partition coefficient (Wildman–Crippen LogP) is -1.23. The number of ether oxygens (including phenoxy) is 1. The average molecular weight is 220 g/mol. The number of nitrogens with one attached hydrogen (secondary N) is 2. The zero-order valence-electron chi connectivity index (χ0n) is 8.16. The molecule has 1 saturated heterocycles. The van der Waals surface area contributed by atoms with E-state index < -0.39 is 6.10 Å². The van der Waals surface area contributed by atoms with Gasteiger partial charge in [-0.3, -0.25) is 10.1 Å². The number of carbonyl (C=O) groups is 1. The third-order valence-electron chi connectivity index (χ3n) is 1.90. The second-order valence-electron chi connectivity index (χ2n) is 3.13. The number of carbonyl (C=O) groups excluding carboxylic acids is 1. The van der Waals surface area contributed by atoms with Crippen LogP contribution in [-0.2, 0) is 9.53 Å². The summed E-state index contributed by atoms with van der Waals surface area (Å²) in [5.41, 5.74) is 0. The Bertz CT molecular complexity index is 185.